The van der Waals surface area contributed by atoms with Crippen LogP contribution in [0.2, 0.25) is 0 Å². The minimum Gasteiger partial charge on any atom is -0.245 e. The fraction of sp³-hybridized carbons (Fsp3) is 0.700. The van der Waals surface area contributed by atoms with E-state index in [9.17, 15) is 13.2 Å². The van der Waals surface area contributed by atoms with Crippen molar-refractivity contribution >= 4 is 11.3 Å². The largest absolute Gasteiger partial charge is 0.427 e. The molecule has 15 heavy (non-hydrogen) atoms. The lowest BCUT2D eigenvalue weighted by molar-refractivity contribution is -0.135. The number of halogens is 3. The Balaban J connectivity index is 3.24. The van der Waals surface area contributed by atoms with E-state index in [2.05, 4.69) is 4.98 Å². The Hall–Kier alpha value is -0.580. The molecule has 0 amide bonds. The molecule has 0 radical (unpaired) electrons. The van der Waals surface area contributed by atoms with Crippen molar-refractivity contribution in [1.29, 1.82) is 0 Å². The summed E-state index contributed by atoms with van der Waals surface area (Å²) < 4.78 is 38.0. The molecule has 86 valence electrons. The molecule has 0 aliphatic rings. The van der Waals surface area contributed by atoms with Crippen LogP contribution in [0.1, 0.15) is 55.1 Å². The summed E-state index contributed by atoms with van der Waals surface area (Å²) in [6.07, 6.45) is -4.27. The fourth-order valence-electron chi connectivity index (χ4n) is 1.19. The van der Waals surface area contributed by atoms with Gasteiger partial charge in [0, 0.05) is 5.92 Å². The van der Waals surface area contributed by atoms with Crippen LogP contribution in [0.25, 0.3) is 0 Å². The minimum atomic E-state index is -4.27. The summed E-state index contributed by atoms with van der Waals surface area (Å²) in [6.45, 7) is 7.16. The lowest BCUT2D eigenvalue weighted by Gasteiger charge is -2.07. The highest BCUT2D eigenvalue weighted by atomic mass is 32.1. The average Bonchev–Trinajstić information content (AvgIpc) is 2.45. The molecule has 0 aromatic carbocycles. The molecule has 0 saturated heterocycles. The first-order chi connectivity index (χ1) is 6.73. The molecule has 1 heterocycles. The highest BCUT2D eigenvalue weighted by Crippen LogP contribution is 2.40. The molecule has 1 nitrogen and oxygen atoms in total. The minimum absolute atomic E-state index is 0.0450. The van der Waals surface area contributed by atoms with Crippen LogP contribution in [-0.4, -0.2) is 4.98 Å². The van der Waals surface area contributed by atoms with Gasteiger partial charge in [0.1, 0.15) is 4.88 Å². The Bertz CT molecular complexity index is 339. The van der Waals surface area contributed by atoms with E-state index >= 15 is 0 Å². The van der Waals surface area contributed by atoms with Crippen molar-refractivity contribution in [3.8, 4) is 0 Å². The molecule has 0 spiro atoms. The van der Waals surface area contributed by atoms with E-state index in [4.69, 9.17) is 0 Å². The first-order valence-electron chi connectivity index (χ1n) is 4.81. The number of alkyl halides is 3. The van der Waals surface area contributed by atoms with Gasteiger partial charge in [-0.25, -0.2) is 4.98 Å². The maximum atomic E-state index is 12.7. The van der Waals surface area contributed by atoms with Crippen LogP contribution in [0.15, 0.2) is 0 Å². The second-order valence-corrected chi connectivity index (χ2v) is 5.10. The zero-order valence-corrected chi connectivity index (χ0v) is 9.96. The van der Waals surface area contributed by atoms with E-state index in [-0.39, 0.29) is 17.5 Å². The SMILES string of the molecule is CC(C)c1nc(C(C)C)c(C(F)(F)F)s1. The van der Waals surface area contributed by atoms with Crippen molar-refractivity contribution < 1.29 is 13.2 Å². The number of thiazole rings is 1. The Morgan fingerprint density at radius 3 is 1.87 bits per heavy atom. The summed E-state index contributed by atoms with van der Waals surface area (Å²) in [5.41, 5.74) is 0.177. The fourth-order valence-corrected chi connectivity index (χ4v) is 2.28. The summed E-state index contributed by atoms with van der Waals surface area (Å²) in [5.74, 6) is -0.144. The van der Waals surface area contributed by atoms with Crippen molar-refractivity contribution in [2.24, 2.45) is 0 Å². The third-order valence-electron chi connectivity index (χ3n) is 1.97. The zero-order chi connectivity index (χ0) is 11.8. The summed E-state index contributed by atoms with van der Waals surface area (Å²) in [7, 11) is 0. The molecule has 0 aliphatic carbocycles. The molecule has 5 heteroatoms. The van der Waals surface area contributed by atoms with Crippen molar-refractivity contribution in [1.82, 2.24) is 4.98 Å². The highest BCUT2D eigenvalue weighted by Gasteiger charge is 2.37. The first kappa shape index (κ1) is 12.5. The second-order valence-electron chi connectivity index (χ2n) is 4.07. The third kappa shape index (κ3) is 2.71. The van der Waals surface area contributed by atoms with Crippen LogP contribution in [0.5, 0.6) is 0 Å². The number of hydrogen-bond donors (Lipinski definition) is 0. The number of hydrogen-bond acceptors (Lipinski definition) is 2. The van der Waals surface area contributed by atoms with Gasteiger partial charge in [-0.15, -0.1) is 11.3 Å². The van der Waals surface area contributed by atoms with Gasteiger partial charge in [-0.1, -0.05) is 27.7 Å². The summed E-state index contributed by atoms with van der Waals surface area (Å²) in [4.78, 5) is 3.53. The molecular formula is C10H14F3NS. The van der Waals surface area contributed by atoms with E-state index in [0.717, 1.165) is 11.3 Å². The molecule has 0 aliphatic heterocycles. The van der Waals surface area contributed by atoms with E-state index in [1.165, 1.54) is 0 Å². The number of nitrogens with zero attached hydrogens (tertiary/aromatic N) is 1. The Labute approximate surface area is 91.3 Å². The van der Waals surface area contributed by atoms with E-state index in [1.807, 2.05) is 13.8 Å². The molecule has 0 saturated carbocycles. The molecule has 0 atom stereocenters. The average molecular weight is 237 g/mol. The number of rotatable bonds is 2. The van der Waals surface area contributed by atoms with Crippen LogP contribution in [-0.2, 0) is 6.18 Å². The molecular weight excluding hydrogens is 223 g/mol. The quantitative estimate of drug-likeness (QED) is 0.742. The van der Waals surface area contributed by atoms with Gasteiger partial charge in [0.05, 0.1) is 10.7 Å². The smallest absolute Gasteiger partial charge is 0.245 e. The van der Waals surface area contributed by atoms with Crippen LogP contribution in [0, 0.1) is 0 Å². The maximum Gasteiger partial charge on any atom is 0.427 e. The summed E-state index contributed by atoms with van der Waals surface area (Å²) in [5, 5.41) is 0.561. The van der Waals surface area contributed by atoms with Gasteiger partial charge in [0.25, 0.3) is 0 Å². The van der Waals surface area contributed by atoms with Crippen molar-refractivity contribution in [3.05, 3.63) is 15.6 Å². The molecule has 0 bridgehead atoms. The highest BCUT2D eigenvalue weighted by molar-refractivity contribution is 7.12. The molecule has 0 N–H and O–H groups in total. The van der Waals surface area contributed by atoms with Crippen molar-refractivity contribution in [2.45, 2.75) is 45.7 Å². The Morgan fingerprint density at radius 2 is 1.60 bits per heavy atom. The topological polar surface area (TPSA) is 12.9 Å². The lowest BCUT2D eigenvalue weighted by Crippen LogP contribution is -2.07. The van der Waals surface area contributed by atoms with Gasteiger partial charge in [-0.2, -0.15) is 13.2 Å². The molecule has 1 aromatic heterocycles. The van der Waals surface area contributed by atoms with E-state index < -0.39 is 11.1 Å². The monoisotopic (exact) mass is 237 g/mol. The van der Waals surface area contributed by atoms with Gasteiger partial charge in [0.2, 0.25) is 0 Å². The Kier molecular flexibility index (Phi) is 3.43. The van der Waals surface area contributed by atoms with Crippen LogP contribution in [0.4, 0.5) is 13.2 Å². The van der Waals surface area contributed by atoms with E-state index in [0.29, 0.717) is 5.01 Å². The molecule has 1 rings (SSSR count). The zero-order valence-electron chi connectivity index (χ0n) is 9.14. The second kappa shape index (κ2) is 4.12. The van der Waals surface area contributed by atoms with Crippen LogP contribution < -0.4 is 0 Å². The summed E-state index contributed by atoms with van der Waals surface area (Å²) >= 11 is 0.767. The Morgan fingerprint density at radius 1 is 1.07 bits per heavy atom. The lowest BCUT2D eigenvalue weighted by atomic mass is 10.1. The third-order valence-corrected chi connectivity index (χ3v) is 3.38. The van der Waals surface area contributed by atoms with Crippen LogP contribution >= 0.6 is 11.3 Å². The van der Waals surface area contributed by atoms with Gasteiger partial charge in [-0.05, 0) is 5.92 Å². The molecule has 1 aromatic rings. The van der Waals surface area contributed by atoms with Gasteiger partial charge in [0.15, 0.2) is 0 Å². The van der Waals surface area contributed by atoms with Gasteiger partial charge in [-0.3, -0.25) is 0 Å². The van der Waals surface area contributed by atoms with Gasteiger partial charge < -0.3 is 0 Å². The first-order valence-corrected chi connectivity index (χ1v) is 5.63. The van der Waals surface area contributed by atoms with E-state index in [1.54, 1.807) is 13.8 Å². The predicted octanol–water partition coefficient (Wildman–Crippen LogP) is 4.41. The molecule has 0 fully saturated rings. The van der Waals surface area contributed by atoms with Crippen LogP contribution in [0.3, 0.4) is 0 Å². The van der Waals surface area contributed by atoms with Crippen molar-refractivity contribution in [3.63, 3.8) is 0 Å². The normalized spacial score (nSPS) is 12.9. The van der Waals surface area contributed by atoms with Crippen molar-refractivity contribution in [2.75, 3.05) is 0 Å². The summed E-state index contributed by atoms with van der Waals surface area (Å²) in [6, 6.07) is 0. The molecule has 0 unspecified atom stereocenters. The van der Waals surface area contributed by atoms with Gasteiger partial charge >= 0.3 is 6.18 Å². The maximum absolute atomic E-state index is 12.7. The standard InChI is InChI=1S/C10H14F3NS/c1-5(2)7-8(10(11,12)13)15-9(14-7)6(3)4/h5-6H,1-4H3. The number of aromatic nitrogens is 1. The predicted molar refractivity (Wildman–Crippen MR) is 55.3 cm³/mol.